The molecule has 0 spiro atoms. The summed E-state index contributed by atoms with van der Waals surface area (Å²) in [5.74, 6) is 0. The predicted molar refractivity (Wildman–Crippen MR) is 84.4 cm³/mol. The minimum absolute atomic E-state index is 0.0456. The zero-order valence-electron chi connectivity index (χ0n) is 13.0. The molecule has 0 bridgehead atoms. The Balaban J connectivity index is 1.89. The lowest BCUT2D eigenvalue weighted by Gasteiger charge is -2.37. The summed E-state index contributed by atoms with van der Waals surface area (Å²) in [4.78, 5) is 13.9. The van der Waals surface area contributed by atoms with E-state index in [1.807, 2.05) is 30.3 Å². The molecular formula is C17H23N3O2. The van der Waals surface area contributed by atoms with Gasteiger partial charge in [-0.1, -0.05) is 30.3 Å². The fourth-order valence-corrected chi connectivity index (χ4v) is 2.84. The van der Waals surface area contributed by atoms with Gasteiger partial charge in [0.05, 0.1) is 11.5 Å². The molecule has 1 aromatic carbocycles. The maximum Gasteiger partial charge on any atom is 0.317 e. The molecule has 1 aliphatic rings. The summed E-state index contributed by atoms with van der Waals surface area (Å²) < 4.78 is 4.96. The van der Waals surface area contributed by atoms with Crippen LogP contribution in [0.4, 0.5) is 4.79 Å². The van der Waals surface area contributed by atoms with Crippen molar-refractivity contribution in [3.8, 4) is 6.07 Å². The molecular weight excluding hydrogens is 278 g/mol. The van der Waals surface area contributed by atoms with Crippen molar-refractivity contribution in [2.45, 2.75) is 24.7 Å². The predicted octanol–water partition coefficient (Wildman–Crippen LogP) is 2.29. The van der Waals surface area contributed by atoms with Gasteiger partial charge in [0.2, 0.25) is 0 Å². The SMILES string of the molecule is COCCCNC(=O)N1CCC(C#N)(c2ccccc2)CC1. The number of piperidine rings is 1. The smallest absolute Gasteiger partial charge is 0.317 e. The van der Waals surface area contributed by atoms with Crippen molar-refractivity contribution in [1.29, 1.82) is 5.26 Å². The topological polar surface area (TPSA) is 65.4 Å². The van der Waals surface area contributed by atoms with E-state index in [4.69, 9.17) is 4.74 Å². The summed E-state index contributed by atoms with van der Waals surface area (Å²) in [5, 5.41) is 12.5. The minimum atomic E-state index is -0.464. The van der Waals surface area contributed by atoms with E-state index in [1.165, 1.54) is 0 Å². The van der Waals surface area contributed by atoms with Crippen molar-refractivity contribution in [3.05, 3.63) is 35.9 Å². The van der Waals surface area contributed by atoms with E-state index in [0.717, 1.165) is 12.0 Å². The van der Waals surface area contributed by atoms with Gasteiger partial charge in [-0.05, 0) is 24.8 Å². The Hall–Kier alpha value is -2.06. The fourth-order valence-electron chi connectivity index (χ4n) is 2.84. The highest BCUT2D eigenvalue weighted by Crippen LogP contribution is 2.34. The van der Waals surface area contributed by atoms with E-state index in [1.54, 1.807) is 12.0 Å². The molecule has 1 heterocycles. The van der Waals surface area contributed by atoms with Crippen molar-refractivity contribution in [2.75, 3.05) is 33.4 Å². The molecule has 2 amide bonds. The first-order chi connectivity index (χ1) is 10.7. The van der Waals surface area contributed by atoms with Crippen molar-refractivity contribution in [3.63, 3.8) is 0 Å². The summed E-state index contributed by atoms with van der Waals surface area (Å²) in [6, 6.07) is 12.3. The number of nitrogens with one attached hydrogen (secondary N) is 1. The Morgan fingerprint density at radius 3 is 2.64 bits per heavy atom. The van der Waals surface area contributed by atoms with Crippen LogP contribution in [0.25, 0.3) is 0 Å². The average molecular weight is 301 g/mol. The molecule has 1 aliphatic heterocycles. The van der Waals surface area contributed by atoms with Gasteiger partial charge in [-0.15, -0.1) is 0 Å². The number of carbonyl (C=O) groups excluding carboxylic acids is 1. The first kappa shape index (κ1) is 16.3. The molecule has 2 rings (SSSR count). The third-order valence-electron chi connectivity index (χ3n) is 4.25. The normalized spacial score (nSPS) is 16.8. The molecule has 118 valence electrons. The summed E-state index contributed by atoms with van der Waals surface area (Å²) in [6.07, 6.45) is 2.17. The third-order valence-corrected chi connectivity index (χ3v) is 4.25. The fraction of sp³-hybridized carbons (Fsp3) is 0.529. The van der Waals surface area contributed by atoms with E-state index in [0.29, 0.717) is 39.1 Å². The van der Waals surface area contributed by atoms with E-state index >= 15 is 0 Å². The Bertz CT molecular complexity index is 516. The van der Waals surface area contributed by atoms with Gasteiger partial charge in [0, 0.05) is 33.4 Å². The third kappa shape index (κ3) is 3.77. The van der Waals surface area contributed by atoms with Crippen molar-refractivity contribution in [1.82, 2.24) is 10.2 Å². The monoisotopic (exact) mass is 301 g/mol. The number of nitriles is 1. The molecule has 1 saturated heterocycles. The number of amides is 2. The minimum Gasteiger partial charge on any atom is -0.385 e. The van der Waals surface area contributed by atoms with Crippen molar-refractivity contribution >= 4 is 6.03 Å². The van der Waals surface area contributed by atoms with Crippen LogP contribution in [0.2, 0.25) is 0 Å². The van der Waals surface area contributed by atoms with Crippen LogP contribution in [0.5, 0.6) is 0 Å². The molecule has 1 fully saturated rings. The van der Waals surface area contributed by atoms with Crippen LogP contribution in [0.1, 0.15) is 24.8 Å². The van der Waals surface area contributed by atoms with Gasteiger partial charge in [0.15, 0.2) is 0 Å². The highest BCUT2D eigenvalue weighted by atomic mass is 16.5. The lowest BCUT2D eigenvalue weighted by Crippen LogP contribution is -2.48. The van der Waals surface area contributed by atoms with Crippen LogP contribution in [-0.2, 0) is 10.2 Å². The number of ether oxygens (including phenoxy) is 1. The molecule has 0 aliphatic carbocycles. The maximum absolute atomic E-state index is 12.1. The van der Waals surface area contributed by atoms with Gasteiger partial charge in [0.25, 0.3) is 0 Å². The number of benzene rings is 1. The number of hydrogen-bond donors (Lipinski definition) is 1. The van der Waals surface area contributed by atoms with E-state index in [-0.39, 0.29) is 6.03 Å². The highest BCUT2D eigenvalue weighted by Gasteiger charge is 2.37. The Kier molecular flexibility index (Phi) is 5.79. The zero-order valence-corrected chi connectivity index (χ0v) is 13.0. The summed E-state index contributed by atoms with van der Waals surface area (Å²) in [6.45, 7) is 2.48. The lowest BCUT2D eigenvalue weighted by molar-refractivity contribution is 0.167. The Morgan fingerprint density at radius 1 is 1.36 bits per heavy atom. The summed E-state index contributed by atoms with van der Waals surface area (Å²) in [5.41, 5.74) is 0.589. The first-order valence-corrected chi connectivity index (χ1v) is 7.70. The van der Waals surface area contributed by atoms with Gasteiger partial charge in [-0.2, -0.15) is 5.26 Å². The van der Waals surface area contributed by atoms with Crippen LogP contribution in [-0.4, -0.2) is 44.3 Å². The summed E-state index contributed by atoms with van der Waals surface area (Å²) >= 11 is 0. The number of rotatable bonds is 5. The molecule has 1 N–H and O–H groups in total. The average Bonchev–Trinajstić information content (AvgIpc) is 2.59. The molecule has 22 heavy (non-hydrogen) atoms. The Labute approximate surface area is 131 Å². The lowest BCUT2D eigenvalue weighted by atomic mass is 9.74. The number of methoxy groups -OCH3 is 1. The van der Waals surface area contributed by atoms with E-state index < -0.39 is 5.41 Å². The number of urea groups is 1. The van der Waals surface area contributed by atoms with Crippen LogP contribution < -0.4 is 5.32 Å². The second kappa shape index (κ2) is 7.81. The van der Waals surface area contributed by atoms with Crippen LogP contribution >= 0.6 is 0 Å². The van der Waals surface area contributed by atoms with Crippen LogP contribution in [0, 0.1) is 11.3 Å². The second-order valence-electron chi connectivity index (χ2n) is 5.63. The molecule has 1 aromatic rings. The molecule has 0 aromatic heterocycles. The van der Waals surface area contributed by atoms with Gasteiger partial charge < -0.3 is 15.0 Å². The molecule has 0 unspecified atom stereocenters. The molecule has 0 radical (unpaired) electrons. The van der Waals surface area contributed by atoms with Gasteiger partial charge in [-0.3, -0.25) is 0 Å². The number of nitrogens with zero attached hydrogens (tertiary/aromatic N) is 2. The number of likely N-dealkylation sites (tertiary alicyclic amines) is 1. The maximum atomic E-state index is 12.1. The number of carbonyl (C=O) groups is 1. The van der Waals surface area contributed by atoms with Gasteiger partial charge >= 0.3 is 6.03 Å². The molecule has 5 heteroatoms. The molecule has 0 saturated carbocycles. The molecule has 5 nitrogen and oxygen atoms in total. The quantitative estimate of drug-likeness (QED) is 0.849. The Morgan fingerprint density at radius 2 is 2.05 bits per heavy atom. The second-order valence-corrected chi connectivity index (χ2v) is 5.63. The highest BCUT2D eigenvalue weighted by molar-refractivity contribution is 5.74. The van der Waals surface area contributed by atoms with Crippen LogP contribution in [0.3, 0.4) is 0 Å². The van der Waals surface area contributed by atoms with Crippen molar-refractivity contribution < 1.29 is 9.53 Å². The van der Waals surface area contributed by atoms with Crippen molar-refractivity contribution in [2.24, 2.45) is 0 Å². The summed E-state index contributed by atoms with van der Waals surface area (Å²) in [7, 11) is 1.65. The number of hydrogen-bond acceptors (Lipinski definition) is 3. The van der Waals surface area contributed by atoms with Gasteiger partial charge in [-0.25, -0.2) is 4.79 Å². The van der Waals surface area contributed by atoms with E-state index in [2.05, 4.69) is 11.4 Å². The van der Waals surface area contributed by atoms with Crippen LogP contribution in [0.15, 0.2) is 30.3 Å². The first-order valence-electron chi connectivity index (χ1n) is 7.70. The van der Waals surface area contributed by atoms with Gasteiger partial charge in [0.1, 0.15) is 0 Å². The standard InChI is InChI=1S/C17H23N3O2/c1-22-13-5-10-19-16(21)20-11-8-17(14-18,9-12-20)15-6-3-2-4-7-15/h2-4,6-7H,5,8-13H2,1H3,(H,19,21). The van der Waals surface area contributed by atoms with E-state index in [9.17, 15) is 10.1 Å². The largest absolute Gasteiger partial charge is 0.385 e. The zero-order chi connectivity index (χ0) is 15.8. The molecule has 0 atom stereocenters.